The Hall–Kier alpha value is -2.49. The molecule has 0 unspecified atom stereocenters. The van der Waals surface area contributed by atoms with Crippen molar-refractivity contribution >= 4 is 22.4 Å². The molecule has 0 aliphatic rings. The summed E-state index contributed by atoms with van der Waals surface area (Å²) in [5, 5.41) is 4.20. The Morgan fingerprint density at radius 1 is 0.952 bits per heavy atom. The first-order valence-corrected chi connectivity index (χ1v) is 6.93. The fraction of sp³-hybridized carbons (Fsp3) is 0.176. The molecule has 4 heteroatoms. The van der Waals surface area contributed by atoms with Gasteiger partial charge in [0.2, 0.25) is 0 Å². The largest absolute Gasteiger partial charge is 0.340 e. The van der Waals surface area contributed by atoms with Crippen molar-refractivity contribution in [3.63, 3.8) is 0 Å². The van der Waals surface area contributed by atoms with Gasteiger partial charge >= 0.3 is 0 Å². The highest BCUT2D eigenvalue weighted by Crippen LogP contribution is 2.25. The van der Waals surface area contributed by atoms with E-state index in [1.165, 1.54) is 12.1 Å². The van der Waals surface area contributed by atoms with Crippen LogP contribution in [0.15, 0.2) is 48.5 Å². The maximum absolute atomic E-state index is 13.0. The summed E-state index contributed by atoms with van der Waals surface area (Å²) >= 11 is 0. The van der Waals surface area contributed by atoms with Crippen molar-refractivity contribution in [3.8, 4) is 0 Å². The summed E-state index contributed by atoms with van der Waals surface area (Å²) in [4.78, 5) is 9.18. The average Bonchev–Trinajstić information content (AvgIpc) is 2.49. The number of hydrogen-bond acceptors (Lipinski definition) is 3. The highest BCUT2D eigenvalue weighted by atomic mass is 19.1. The molecule has 1 heterocycles. The molecule has 0 bridgehead atoms. The van der Waals surface area contributed by atoms with Crippen molar-refractivity contribution in [1.82, 2.24) is 9.97 Å². The third-order valence-electron chi connectivity index (χ3n) is 3.24. The number of hydrogen-bond donors (Lipinski definition) is 1. The van der Waals surface area contributed by atoms with E-state index >= 15 is 0 Å². The van der Waals surface area contributed by atoms with Gasteiger partial charge in [0, 0.05) is 17.0 Å². The van der Waals surface area contributed by atoms with Gasteiger partial charge in [-0.15, -0.1) is 0 Å². The molecule has 0 saturated heterocycles. The first-order valence-electron chi connectivity index (χ1n) is 6.93. The fourth-order valence-electron chi connectivity index (χ4n) is 2.12. The van der Waals surface area contributed by atoms with Gasteiger partial charge in [0.25, 0.3) is 0 Å². The van der Waals surface area contributed by atoms with Crippen molar-refractivity contribution in [2.75, 3.05) is 5.32 Å². The quantitative estimate of drug-likeness (QED) is 0.760. The minimum Gasteiger partial charge on any atom is -0.340 e. The number of halogens is 1. The number of benzene rings is 2. The maximum Gasteiger partial charge on any atom is 0.142 e. The van der Waals surface area contributed by atoms with Gasteiger partial charge in [0.15, 0.2) is 0 Å². The van der Waals surface area contributed by atoms with Gasteiger partial charge in [-0.25, -0.2) is 14.4 Å². The molecule has 0 atom stereocenters. The molecule has 0 fully saturated rings. The van der Waals surface area contributed by atoms with Gasteiger partial charge in [-0.05, 0) is 36.4 Å². The molecule has 1 aromatic heterocycles. The maximum atomic E-state index is 13.0. The third kappa shape index (κ3) is 2.84. The van der Waals surface area contributed by atoms with Gasteiger partial charge in [-0.1, -0.05) is 26.0 Å². The van der Waals surface area contributed by atoms with Crippen LogP contribution in [0.5, 0.6) is 0 Å². The smallest absolute Gasteiger partial charge is 0.142 e. The lowest BCUT2D eigenvalue weighted by atomic mass is 10.1. The van der Waals surface area contributed by atoms with E-state index in [0.29, 0.717) is 0 Å². The Labute approximate surface area is 122 Å². The van der Waals surface area contributed by atoms with Crippen LogP contribution >= 0.6 is 0 Å². The monoisotopic (exact) mass is 281 g/mol. The zero-order chi connectivity index (χ0) is 14.8. The Balaban J connectivity index is 2.09. The number of para-hydroxylation sites is 1. The van der Waals surface area contributed by atoms with Crippen molar-refractivity contribution in [1.29, 1.82) is 0 Å². The van der Waals surface area contributed by atoms with Crippen LogP contribution in [-0.4, -0.2) is 9.97 Å². The standard InChI is InChI=1S/C17H16FN3/c1-11(2)16-20-15-6-4-3-5-14(15)17(21-16)19-13-9-7-12(18)8-10-13/h3-11H,1-2H3,(H,19,20,21). The topological polar surface area (TPSA) is 37.8 Å². The minimum absolute atomic E-state index is 0.239. The van der Waals surface area contributed by atoms with Gasteiger partial charge in [-0.2, -0.15) is 0 Å². The Kier molecular flexibility index (Phi) is 3.52. The molecule has 0 aliphatic heterocycles. The summed E-state index contributed by atoms with van der Waals surface area (Å²) in [6.07, 6.45) is 0. The first kappa shape index (κ1) is 13.5. The SMILES string of the molecule is CC(C)c1nc(Nc2ccc(F)cc2)c2ccccc2n1. The molecule has 3 nitrogen and oxygen atoms in total. The zero-order valence-corrected chi connectivity index (χ0v) is 12.0. The molecule has 3 rings (SSSR count). The summed E-state index contributed by atoms with van der Waals surface area (Å²) in [7, 11) is 0. The summed E-state index contributed by atoms with van der Waals surface area (Å²) in [6, 6.07) is 14.1. The van der Waals surface area contributed by atoms with Crippen LogP contribution in [0.1, 0.15) is 25.6 Å². The van der Waals surface area contributed by atoms with Gasteiger partial charge < -0.3 is 5.32 Å². The molecule has 0 saturated carbocycles. The predicted molar refractivity (Wildman–Crippen MR) is 83.3 cm³/mol. The summed E-state index contributed by atoms with van der Waals surface area (Å²) in [5.41, 5.74) is 1.70. The summed E-state index contributed by atoms with van der Waals surface area (Å²) in [6.45, 7) is 4.12. The van der Waals surface area contributed by atoms with Gasteiger partial charge in [0.1, 0.15) is 17.5 Å². The number of nitrogens with zero attached hydrogens (tertiary/aromatic N) is 2. The van der Waals surface area contributed by atoms with Crippen LogP contribution in [-0.2, 0) is 0 Å². The van der Waals surface area contributed by atoms with Crippen LogP contribution in [0.2, 0.25) is 0 Å². The van der Waals surface area contributed by atoms with Crippen LogP contribution in [0, 0.1) is 5.82 Å². The van der Waals surface area contributed by atoms with E-state index in [1.54, 1.807) is 12.1 Å². The molecule has 2 aromatic carbocycles. The molecule has 21 heavy (non-hydrogen) atoms. The molecular formula is C17H16FN3. The fourth-order valence-corrected chi connectivity index (χ4v) is 2.12. The second kappa shape index (κ2) is 5.48. The minimum atomic E-state index is -0.254. The van der Waals surface area contributed by atoms with Crippen LogP contribution in [0.3, 0.4) is 0 Å². The highest BCUT2D eigenvalue weighted by Gasteiger charge is 2.10. The Morgan fingerprint density at radius 2 is 1.67 bits per heavy atom. The number of rotatable bonds is 3. The van der Waals surface area contributed by atoms with Crippen LogP contribution in [0.25, 0.3) is 10.9 Å². The van der Waals surface area contributed by atoms with E-state index in [-0.39, 0.29) is 11.7 Å². The second-order valence-electron chi connectivity index (χ2n) is 5.23. The molecule has 106 valence electrons. The number of fused-ring (bicyclic) bond motifs is 1. The summed E-state index contributed by atoms with van der Waals surface area (Å²) < 4.78 is 13.0. The van der Waals surface area contributed by atoms with E-state index in [1.807, 2.05) is 24.3 Å². The molecular weight excluding hydrogens is 265 g/mol. The number of anilines is 2. The Bertz CT molecular complexity index is 767. The van der Waals surface area contributed by atoms with Crippen molar-refractivity contribution in [2.24, 2.45) is 0 Å². The molecule has 0 aliphatic carbocycles. The van der Waals surface area contributed by atoms with Gasteiger partial charge in [0.05, 0.1) is 5.52 Å². The lowest BCUT2D eigenvalue weighted by Crippen LogP contribution is -2.03. The van der Waals surface area contributed by atoms with Crippen LogP contribution < -0.4 is 5.32 Å². The normalized spacial score (nSPS) is 11.0. The van der Waals surface area contributed by atoms with Gasteiger partial charge in [-0.3, -0.25) is 0 Å². The van der Waals surface area contributed by atoms with Crippen LogP contribution in [0.4, 0.5) is 15.9 Å². The zero-order valence-electron chi connectivity index (χ0n) is 12.0. The highest BCUT2D eigenvalue weighted by molar-refractivity contribution is 5.90. The second-order valence-corrected chi connectivity index (χ2v) is 5.23. The molecule has 3 aromatic rings. The predicted octanol–water partition coefficient (Wildman–Crippen LogP) is 4.64. The first-order chi connectivity index (χ1) is 10.1. The van der Waals surface area contributed by atoms with E-state index < -0.39 is 0 Å². The van der Waals surface area contributed by atoms with Crippen molar-refractivity contribution in [3.05, 3.63) is 60.2 Å². The molecule has 0 amide bonds. The van der Waals surface area contributed by atoms with Crippen molar-refractivity contribution < 1.29 is 4.39 Å². The third-order valence-corrected chi connectivity index (χ3v) is 3.24. The lowest BCUT2D eigenvalue weighted by molar-refractivity contribution is 0.628. The summed E-state index contributed by atoms with van der Waals surface area (Å²) in [5.74, 6) is 1.52. The van der Waals surface area contributed by atoms with E-state index in [2.05, 4.69) is 29.1 Å². The Morgan fingerprint density at radius 3 is 2.38 bits per heavy atom. The number of nitrogens with one attached hydrogen (secondary N) is 1. The molecule has 1 N–H and O–H groups in total. The van der Waals surface area contributed by atoms with E-state index in [4.69, 9.17) is 0 Å². The van der Waals surface area contributed by atoms with E-state index in [9.17, 15) is 4.39 Å². The molecule has 0 radical (unpaired) electrons. The lowest BCUT2D eigenvalue weighted by Gasteiger charge is -2.12. The molecule has 0 spiro atoms. The van der Waals surface area contributed by atoms with E-state index in [0.717, 1.165) is 28.2 Å². The van der Waals surface area contributed by atoms with Crippen molar-refractivity contribution in [2.45, 2.75) is 19.8 Å². The average molecular weight is 281 g/mol. The number of aromatic nitrogens is 2.